The van der Waals surface area contributed by atoms with Crippen molar-refractivity contribution in [1.82, 2.24) is 5.32 Å². The first kappa shape index (κ1) is 19.7. The van der Waals surface area contributed by atoms with E-state index in [2.05, 4.69) is 16.7 Å². The van der Waals surface area contributed by atoms with E-state index in [1.165, 1.54) is 0 Å². The number of benzene rings is 2. The zero-order valence-electron chi connectivity index (χ0n) is 16.3. The van der Waals surface area contributed by atoms with Crippen molar-refractivity contribution in [3.8, 4) is 0 Å². The summed E-state index contributed by atoms with van der Waals surface area (Å²) in [5.74, 6) is -0.247. The molecule has 2 aromatic carbocycles. The molecule has 2 amide bonds. The second-order valence-electron chi connectivity index (χ2n) is 7.72. The molecule has 1 saturated heterocycles. The molecule has 2 aliphatic rings. The summed E-state index contributed by atoms with van der Waals surface area (Å²) in [5.41, 5.74) is 3.00. The van der Waals surface area contributed by atoms with Crippen LogP contribution in [0.3, 0.4) is 0 Å². The van der Waals surface area contributed by atoms with Crippen LogP contribution in [0.15, 0.2) is 42.5 Å². The number of hydrogen-bond donors (Lipinski definition) is 2. The highest BCUT2D eigenvalue weighted by atomic mass is 35.5. The average molecular weight is 414 g/mol. The third-order valence-electron chi connectivity index (χ3n) is 5.80. The van der Waals surface area contributed by atoms with Crippen LogP contribution < -0.4 is 15.5 Å². The highest BCUT2D eigenvalue weighted by molar-refractivity contribution is 6.30. The molecule has 7 heteroatoms. The number of rotatable bonds is 4. The number of halogens is 1. The van der Waals surface area contributed by atoms with Gasteiger partial charge in [-0.15, -0.1) is 0 Å². The minimum absolute atomic E-state index is 0.0836. The van der Waals surface area contributed by atoms with E-state index >= 15 is 0 Å². The summed E-state index contributed by atoms with van der Waals surface area (Å²) in [5, 5.41) is 6.62. The van der Waals surface area contributed by atoms with Gasteiger partial charge < -0.3 is 20.3 Å². The first-order valence-corrected chi connectivity index (χ1v) is 10.1. The molecule has 1 fully saturated rings. The Balaban J connectivity index is 1.53. The van der Waals surface area contributed by atoms with Gasteiger partial charge >= 0.3 is 0 Å². The van der Waals surface area contributed by atoms with Crippen molar-refractivity contribution in [3.05, 3.63) is 58.6 Å². The van der Waals surface area contributed by atoms with Crippen LogP contribution in [0.4, 0.5) is 11.4 Å². The fourth-order valence-electron chi connectivity index (χ4n) is 4.10. The van der Waals surface area contributed by atoms with Crippen molar-refractivity contribution in [2.24, 2.45) is 0 Å². The van der Waals surface area contributed by atoms with Crippen molar-refractivity contribution in [1.29, 1.82) is 0 Å². The fourth-order valence-corrected chi connectivity index (χ4v) is 4.29. The molecule has 2 aromatic rings. The van der Waals surface area contributed by atoms with Gasteiger partial charge in [-0.2, -0.15) is 0 Å². The van der Waals surface area contributed by atoms with E-state index in [4.69, 9.17) is 16.3 Å². The predicted octanol–water partition coefficient (Wildman–Crippen LogP) is 3.21. The second-order valence-corrected chi connectivity index (χ2v) is 8.16. The molecule has 0 atom stereocenters. The van der Waals surface area contributed by atoms with Gasteiger partial charge in [0.05, 0.1) is 17.9 Å². The van der Waals surface area contributed by atoms with Crippen LogP contribution in [0.2, 0.25) is 5.02 Å². The molecule has 152 valence electrons. The Labute approximate surface area is 175 Å². The van der Waals surface area contributed by atoms with Gasteiger partial charge in [0.1, 0.15) is 0 Å². The zero-order valence-corrected chi connectivity index (χ0v) is 17.1. The van der Waals surface area contributed by atoms with Gasteiger partial charge in [0.25, 0.3) is 5.91 Å². The fraction of sp³-hybridized carbons (Fsp3) is 0.364. The van der Waals surface area contributed by atoms with Crippen LogP contribution >= 0.6 is 11.6 Å². The molecule has 2 N–H and O–H groups in total. The van der Waals surface area contributed by atoms with Crippen molar-refractivity contribution in [2.45, 2.75) is 18.3 Å². The average Bonchev–Trinajstić information content (AvgIpc) is 2.72. The van der Waals surface area contributed by atoms with Crippen LogP contribution in [0, 0.1) is 0 Å². The Morgan fingerprint density at radius 1 is 1.24 bits per heavy atom. The Hall–Kier alpha value is -2.57. The van der Waals surface area contributed by atoms with Crippen LogP contribution in [0.5, 0.6) is 0 Å². The number of carbonyl (C=O) groups excluding carboxylic acids is 2. The molecule has 0 spiro atoms. The summed E-state index contributed by atoms with van der Waals surface area (Å²) < 4.78 is 5.56. The van der Waals surface area contributed by atoms with Gasteiger partial charge in [0, 0.05) is 42.8 Å². The third-order valence-corrected chi connectivity index (χ3v) is 6.03. The van der Waals surface area contributed by atoms with Crippen LogP contribution in [0.1, 0.15) is 28.8 Å². The minimum Gasteiger partial charge on any atom is -0.381 e. The number of likely N-dealkylation sites (N-methyl/N-ethyl adjacent to an activating group) is 1. The summed E-state index contributed by atoms with van der Waals surface area (Å²) in [4.78, 5) is 26.5. The molecule has 2 aliphatic heterocycles. The highest BCUT2D eigenvalue weighted by Gasteiger charge is 2.35. The summed E-state index contributed by atoms with van der Waals surface area (Å²) in [6, 6.07) is 13.2. The molecule has 0 aromatic heterocycles. The quantitative estimate of drug-likeness (QED) is 0.807. The molecule has 29 heavy (non-hydrogen) atoms. The van der Waals surface area contributed by atoms with E-state index in [9.17, 15) is 9.59 Å². The molecule has 2 heterocycles. The number of hydrogen-bond acceptors (Lipinski definition) is 4. The molecule has 6 nitrogen and oxygen atoms in total. The molecule has 0 unspecified atom stereocenters. The van der Waals surface area contributed by atoms with Crippen LogP contribution in [-0.4, -0.2) is 45.2 Å². The van der Waals surface area contributed by atoms with Gasteiger partial charge in [-0.25, -0.2) is 0 Å². The SMILES string of the molecule is CN1CC(=O)Nc2cc(C(=O)NCC3(c4cccc(Cl)c4)CCOCC3)ccc21. The lowest BCUT2D eigenvalue weighted by molar-refractivity contribution is -0.115. The van der Waals surface area contributed by atoms with Gasteiger partial charge in [0.15, 0.2) is 0 Å². The van der Waals surface area contributed by atoms with Crippen LogP contribution in [-0.2, 0) is 14.9 Å². The predicted molar refractivity (Wildman–Crippen MR) is 114 cm³/mol. The van der Waals surface area contributed by atoms with Crippen LogP contribution in [0.25, 0.3) is 0 Å². The van der Waals surface area contributed by atoms with Gasteiger partial charge in [-0.3, -0.25) is 9.59 Å². The smallest absolute Gasteiger partial charge is 0.251 e. The Kier molecular flexibility index (Phi) is 5.48. The number of anilines is 2. The van der Waals surface area contributed by atoms with E-state index < -0.39 is 0 Å². The van der Waals surface area contributed by atoms with Crippen molar-refractivity contribution >= 4 is 34.8 Å². The number of ether oxygens (including phenoxy) is 1. The van der Waals surface area contributed by atoms with E-state index in [1.54, 1.807) is 12.1 Å². The molecule has 0 bridgehead atoms. The minimum atomic E-state index is -0.207. The molecular weight excluding hydrogens is 390 g/mol. The lowest BCUT2D eigenvalue weighted by atomic mass is 9.74. The van der Waals surface area contributed by atoms with E-state index in [0.29, 0.717) is 42.6 Å². The molecule has 0 radical (unpaired) electrons. The standard InChI is InChI=1S/C22H24ClN3O3/c1-26-13-20(27)25-18-11-15(5-6-19(18)26)21(28)24-14-22(7-9-29-10-8-22)16-3-2-4-17(23)12-16/h2-6,11-12H,7-10,13-14H2,1H3,(H,24,28)(H,25,27). The third kappa shape index (κ3) is 4.09. The second kappa shape index (κ2) is 8.05. The van der Waals surface area contributed by atoms with E-state index in [0.717, 1.165) is 24.1 Å². The Bertz CT molecular complexity index is 941. The normalized spacial score (nSPS) is 18.0. The first-order chi connectivity index (χ1) is 14.0. The first-order valence-electron chi connectivity index (χ1n) is 9.74. The summed E-state index contributed by atoms with van der Waals surface area (Å²) in [6.07, 6.45) is 1.64. The molecule has 4 rings (SSSR count). The maximum atomic E-state index is 12.9. The lowest BCUT2D eigenvalue weighted by Crippen LogP contribution is -2.44. The van der Waals surface area contributed by atoms with Gasteiger partial charge in [0.2, 0.25) is 5.91 Å². The highest BCUT2D eigenvalue weighted by Crippen LogP contribution is 2.35. The number of fused-ring (bicyclic) bond motifs is 1. The van der Waals surface area contributed by atoms with Gasteiger partial charge in [-0.05, 0) is 48.7 Å². The number of nitrogens with one attached hydrogen (secondary N) is 2. The maximum Gasteiger partial charge on any atom is 0.251 e. The summed E-state index contributed by atoms with van der Waals surface area (Å²) in [6.45, 7) is 2.11. The lowest BCUT2D eigenvalue weighted by Gasteiger charge is -2.38. The van der Waals surface area contributed by atoms with E-state index in [1.807, 2.05) is 36.2 Å². The summed E-state index contributed by atoms with van der Waals surface area (Å²) in [7, 11) is 1.86. The molecular formula is C22H24ClN3O3. The van der Waals surface area contributed by atoms with Gasteiger partial charge in [-0.1, -0.05) is 23.7 Å². The Morgan fingerprint density at radius 2 is 2.03 bits per heavy atom. The maximum absolute atomic E-state index is 12.9. The van der Waals surface area contributed by atoms with Crippen molar-refractivity contribution < 1.29 is 14.3 Å². The topological polar surface area (TPSA) is 70.7 Å². The number of carbonyl (C=O) groups is 2. The number of amides is 2. The summed E-state index contributed by atoms with van der Waals surface area (Å²) >= 11 is 6.22. The Morgan fingerprint density at radius 3 is 2.79 bits per heavy atom. The van der Waals surface area contributed by atoms with Crippen molar-refractivity contribution in [3.63, 3.8) is 0 Å². The monoisotopic (exact) mass is 413 g/mol. The molecule has 0 saturated carbocycles. The largest absolute Gasteiger partial charge is 0.381 e. The van der Waals surface area contributed by atoms with Crippen molar-refractivity contribution in [2.75, 3.05) is 43.6 Å². The van der Waals surface area contributed by atoms with E-state index in [-0.39, 0.29) is 17.2 Å². The zero-order chi connectivity index (χ0) is 20.4. The molecule has 0 aliphatic carbocycles. The number of nitrogens with zero attached hydrogens (tertiary/aromatic N) is 1.